The van der Waals surface area contributed by atoms with E-state index < -0.39 is 15.2 Å². The first-order chi connectivity index (χ1) is 5.15. The molecule has 0 amide bonds. The molecule has 0 heterocycles. The average molecular weight is 202 g/mol. The molecule has 0 aliphatic carbocycles. The van der Waals surface area contributed by atoms with Gasteiger partial charge in [0.25, 0.3) is 0 Å². The van der Waals surface area contributed by atoms with E-state index in [1.54, 1.807) is 0 Å². The molecule has 0 saturated heterocycles. The van der Waals surface area contributed by atoms with Crippen LogP contribution in [-0.2, 0) is 9.59 Å². The highest BCUT2D eigenvalue weighted by molar-refractivity contribution is 6.46. The molecule has 0 aromatic rings. The maximum Gasteiger partial charge on any atom is 0.668 e. The molecule has 10 heteroatoms. The number of hydrogen-bond acceptors (Lipinski definition) is 7. The molecule has 6 N–H and O–H groups in total. The van der Waals surface area contributed by atoms with Gasteiger partial charge in [0.15, 0.2) is 0 Å². The fraction of sp³-hybridized carbons (Fsp3) is 0. The van der Waals surface area contributed by atoms with Crippen LogP contribution >= 0.6 is 0 Å². The molecule has 12 heavy (non-hydrogen) atoms. The van der Waals surface area contributed by atoms with Crippen LogP contribution in [-0.4, -0.2) is 50.8 Å². The lowest BCUT2D eigenvalue weighted by Gasteiger charge is -1.91. The van der Waals surface area contributed by atoms with Gasteiger partial charge >= 0.3 is 21.4 Å². The molecule has 0 spiro atoms. The number of hydrogen-bond donors (Lipinski definition) is 6. The fourth-order valence-corrected chi connectivity index (χ4v) is 0. The number of rotatable bonds is 0. The van der Waals surface area contributed by atoms with E-state index in [1.165, 1.54) is 0 Å². The summed E-state index contributed by atoms with van der Waals surface area (Å²) in [5.74, 6) is 0. The Hall–Kier alpha value is -1.29. The van der Waals surface area contributed by atoms with Crippen molar-refractivity contribution >= 4 is 21.4 Å². The fourth-order valence-electron chi connectivity index (χ4n) is 0. The molecule has 0 rings (SSSR count). The smallest absolute Gasteiger partial charge is 0.450 e. The van der Waals surface area contributed by atoms with Gasteiger partial charge in [-0.3, -0.25) is 0 Å². The molecule has 0 aromatic carbocycles. The topological polar surface area (TPSA) is 173 Å². The van der Waals surface area contributed by atoms with Crippen molar-refractivity contribution in [1.82, 2.24) is 0 Å². The molecular weight excluding hydrogens is 196 g/mol. The van der Waals surface area contributed by atoms with E-state index in [9.17, 15) is 0 Å². The van der Waals surface area contributed by atoms with Gasteiger partial charge in [0.2, 0.25) is 0 Å². The normalized spacial score (nSPS) is 7.67. The lowest BCUT2D eigenvalue weighted by molar-refractivity contribution is -0.191. The van der Waals surface area contributed by atoms with Crippen molar-refractivity contribution in [2.24, 2.45) is 0 Å². The van der Waals surface area contributed by atoms with Crippen molar-refractivity contribution < 1.29 is 43.8 Å². The molecule has 72 valence electrons. The molecule has 0 aliphatic rings. The van der Waals surface area contributed by atoms with E-state index in [1.807, 2.05) is 0 Å². The van der Waals surface area contributed by atoms with Crippen molar-refractivity contribution in [2.75, 3.05) is 0 Å². The van der Waals surface area contributed by atoms with Crippen LogP contribution in [0.1, 0.15) is 0 Å². The Morgan fingerprint density at radius 2 is 1.00 bits per heavy atom. The SMILES string of the molecule is O=C(O)O.O=C=O.O[Si](O)(O)O. The minimum Gasteiger partial charge on any atom is -0.450 e. The van der Waals surface area contributed by atoms with Gasteiger partial charge in [-0.2, -0.15) is 9.59 Å². The highest BCUT2D eigenvalue weighted by Gasteiger charge is 2.22. The van der Waals surface area contributed by atoms with Crippen LogP contribution in [0.4, 0.5) is 4.79 Å². The summed E-state index contributed by atoms with van der Waals surface area (Å²) in [6, 6.07) is 0. The molecule has 9 nitrogen and oxygen atoms in total. The second kappa shape index (κ2) is 9.71. The Morgan fingerprint density at radius 1 is 1.00 bits per heavy atom. The van der Waals surface area contributed by atoms with Gasteiger partial charge in [-0.05, 0) is 0 Å². The zero-order valence-electron chi connectivity index (χ0n) is 5.41. The van der Waals surface area contributed by atoms with E-state index in [0.29, 0.717) is 0 Å². The number of carboxylic acid groups (broad SMARTS) is 2. The highest BCUT2D eigenvalue weighted by Crippen LogP contribution is 1.67. The van der Waals surface area contributed by atoms with E-state index in [4.69, 9.17) is 43.8 Å². The van der Waals surface area contributed by atoms with E-state index in [0.717, 1.165) is 0 Å². The lowest BCUT2D eigenvalue weighted by atomic mass is 11.5. The third-order valence-electron chi connectivity index (χ3n) is 0. The van der Waals surface area contributed by atoms with E-state index in [2.05, 4.69) is 0 Å². The molecule has 0 unspecified atom stereocenters. The van der Waals surface area contributed by atoms with Crippen molar-refractivity contribution in [3.05, 3.63) is 0 Å². The first-order valence-corrected chi connectivity index (χ1v) is 3.74. The van der Waals surface area contributed by atoms with E-state index in [-0.39, 0.29) is 6.15 Å². The first-order valence-electron chi connectivity index (χ1n) is 1.95. The molecular formula is C2H6O9Si. The summed E-state index contributed by atoms with van der Waals surface area (Å²) in [6.45, 7) is 0. The van der Waals surface area contributed by atoms with Crippen LogP contribution in [0.5, 0.6) is 0 Å². The summed E-state index contributed by atoms with van der Waals surface area (Å²) in [5, 5.41) is 13.9. The van der Waals surface area contributed by atoms with Crippen LogP contribution in [0, 0.1) is 0 Å². The average Bonchev–Trinajstić information content (AvgIpc) is 1.56. The Bertz CT molecular complexity index is 129. The van der Waals surface area contributed by atoms with Gasteiger partial charge in [0, 0.05) is 0 Å². The summed E-state index contributed by atoms with van der Waals surface area (Å²) in [7, 11) is -4.61. The summed E-state index contributed by atoms with van der Waals surface area (Å²) >= 11 is 0. The third-order valence-corrected chi connectivity index (χ3v) is 0. The molecule has 0 bridgehead atoms. The van der Waals surface area contributed by atoms with Gasteiger partial charge in [-0.25, -0.2) is 4.79 Å². The second-order valence-corrected chi connectivity index (χ2v) is 2.17. The number of carbonyl (C=O) groups excluding carboxylic acids is 2. The highest BCUT2D eigenvalue weighted by atomic mass is 28.4. The predicted octanol–water partition coefficient (Wildman–Crippen LogP) is -2.97. The summed E-state index contributed by atoms with van der Waals surface area (Å²) in [4.78, 5) is 54.1. The van der Waals surface area contributed by atoms with Crippen molar-refractivity contribution in [2.45, 2.75) is 0 Å². The van der Waals surface area contributed by atoms with E-state index >= 15 is 0 Å². The molecule has 0 atom stereocenters. The monoisotopic (exact) mass is 202 g/mol. The van der Waals surface area contributed by atoms with Crippen LogP contribution in [0.15, 0.2) is 0 Å². The van der Waals surface area contributed by atoms with Crippen LogP contribution in [0.2, 0.25) is 0 Å². The van der Waals surface area contributed by atoms with Gasteiger partial charge in [0.05, 0.1) is 0 Å². The molecule has 0 aliphatic heterocycles. The van der Waals surface area contributed by atoms with Crippen molar-refractivity contribution in [1.29, 1.82) is 0 Å². The van der Waals surface area contributed by atoms with Gasteiger partial charge in [0.1, 0.15) is 0 Å². The summed E-state index contributed by atoms with van der Waals surface area (Å²) in [6.07, 6.45) is -1.58. The predicted molar refractivity (Wildman–Crippen MR) is 30.3 cm³/mol. The van der Waals surface area contributed by atoms with Gasteiger partial charge < -0.3 is 29.4 Å². The Kier molecular flexibility index (Phi) is 13.7. The first kappa shape index (κ1) is 17.0. The third kappa shape index (κ3) is 309. The summed E-state index contributed by atoms with van der Waals surface area (Å²) < 4.78 is 0. The Morgan fingerprint density at radius 3 is 1.00 bits per heavy atom. The maximum absolute atomic E-state index is 8.56. The standard InChI is InChI=1S/CH2O3.CO2.H4O4Si/c2-1(3)4;2-1-3;1-5(2,3)4/h(H2,2,3,4);;1-4H. The molecule has 0 radical (unpaired) electrons. The van der Waals surface area contributed by atoms with Crippen LogP contribution in [0.3, 0.4) is 0 Å². The Balaban J connectivity index is -0.000000105. The van der Waals surface area contributed by atoms with Crippen molar-refractivity contribution in [3.63, 3.8) is 0 Å². The second-order valence-electron chi connectivity index (χ2n) is 0.966. The maximum atomic E-state index is 8.56. The van der Waals surface area contributed by atoms with Gasteiger partial charge in [-0.1, -0.05) is 0 Å². The molecule has 0 saturated carbocycles. The quantitative estimate of drug-likeness (QED) is 0.224. The largest absolute Gasteiger partial charge is 0.668 e. The summed E-state index contributed by atoms with van der Waals surface area (Å²) in [5.41, 5.74) is 0. The zero-order valence-corrected chi connectivity index (χ0v) is 6.41. The molecule has 0 aromatic heterocycles. The zero-order chi connectivity index (χ0) is 10.8. The van der Waals surface area contributed by atoms with Crippen LogP contribution in [0.25, 0.3) is 0 Å². The van der Waals surface area contributed by atoms with Crippen LogP contribution < -0.4 is 0 Å². The number of carbonyl (C=O) groups is 1. The van der Waals surface area contributed by atoms with Gasteiger partial charge in [-0.15, -0.1) is 0 Å². The van der Waals surface area contributed by atoms with Crippen molar-refractivity contribution in [3.8, 4) is 0 Å². The Labute approximate surface area is 66.2 Å². The lowest BCUT2D eigenvalue weighted by Crippen LogP contribution is -2.33. The minimum absolute atomic E-state index is 0.250. The minimum atomic E-state index is -4.61. The molecule has 0 fully saturated rings.